The quantitative estimate of drug-likeness (QED) is 0.627. The van der Waals surface area contributed by atoms with Crippen molar-refractivity contribution >= 4 is 21.6 Å². The molecule has 0 atom stereocenters. The highest BCUT2D eigenvalue weighted by Crippen LogP contribution is 2.25. The molecule has 0 radical (unpaired) electrons. The molecule has 31 heavy (non-hydrogen) atoms. The van der Waals surface area contributed by atoms with Gasteiger partial charge in [0, 0.05) is 18.7 Å². The molecule has 0 unspecified atom stereocenters. The summed E-state index contributed by atoms with van der Waals surface area (Å²) in [5.74, 6) is 0.643. The summed E-state index contributed by atoms with van der Waals surface area (Å²) in [5, 5.41) is 2.84. The van der Waals surface area contributed by atoms with Crippen LogP contribution in [0.1, 0.15) is 22.3 Å². The van der Waals surface area contributed by atoms with Crippen LogP contribution in [0.5, 0.6) is 11.5 Å². The molecule has 0 spiro atoms. The first-order chi connectivity index (χ1) is 14.9. The summed E-state index contributed by atoms with van der Waals surface area (Å²) < 4.78 is 44.2. The molecule has 4 rings (SSSR count). The minimum atomic E-state index is -3.30. The van der Waals surface area contributed by atoms with E-state index in [4.69, 9.17) is 4.74 Å². The molecule has 3 aromatic rings. The molecule has 1 saturated heterocycles. The van der Waals surface area contributed by atoms with Gasteiger partial charge in [-0.15, -0.1) is 0 Å². The summed E-state index contributed by atoms with van der Waals surface area (Å²) in [6, 6.07) is 19.6. The Balaban J connectivity index is 1.36. The third-order valence-corrected chi connectivity index (χ3v) is 6.79. The van der Waals surface area contributed by atoms with Gasteiger partial charge in [0.2, 0.25) is 10.0 Å². The van der Waals surface area contributed by atoms with Gasteiger partial charge in [-0.1, -0.05) is 18.2 Å². The second kappa shape index (κ2) is 8.77. The highest BCUT2D eigenvalue weighted by Gasteiger charge is 2.28. The van der Waals surface area contributed by atoms with E-state index in [1.807, 2.05) is 12.1 Å². The van der Waals surface area contributed by atoms with Crippen LogP contribution in [-0.2, 0) is 16.6 Å². The molecule has 0 aromatic heterocycles. The number of sulfonamides is 1. The zero-order chi connectivity index (χ0) is 21.8. The Morgan fingerprint density at radius 2 is 1.68 bits per heavy atom. The van der Waals surface area contributed by atoms with E-state index < -0.39 is 10.0 Å². The molecule has 0 bridgehead atoms. The summed E-state index contributed by atoms with van der Waals surface area (Å²) in [4.78, 5) is 12.5. The normalized spacial score (nSPS) is 14.9. The Morgan fingerprint density at radius 1 is 1.00 bits per heavy atom. The lowest BCUT2D eigenvalue weighted by atomic mass is 10.1. The van der Waals surface area contributed by atoms with Gasteiger partial charge >= 0.3 is 0 Å². The van der Waals surface area contributed by atoms with Crippen molar-refractivity contribution in [3.05, 3.63) is 89.7 Å². The minimum Gasteiger partial charge on any atom is -0.457 e. The van der Waals surface area contributed by atoms with Crippen LogP contribution in [0.3, 0.4) is 0 Å². The highest BCUT2D eigenvalue weighted by molar-refractivity contribution is 7.93. The zero-order valence-corrected chi connectivity index (χ0v) is 17.4. The molecule has 8 heteroatoms. The number of halogens is 1. The van der Waals surface area contributed by atoms with Crippen molar-refractivity contribution in [1.29, 1.82) is 0 Å². The lowest BCUT2D eigenvalue weighted by Crippen LogP contribution is -2.26. The maximum Gasteiger partial charge on any atom is 0.251 e. The standard InChI is InChI=1S/C23H21FN2O4S/c24-19-7-11-22(12-8-19)30-21-9-5-17(6-10-21)16-25-23(27)18-3-1-4-20(15-18)26-13-2-14-31(26,28)29/h1,3-12,15H,2,13-14,16H2,(H,25,27). The fourth-order valence-corrected chi connectivity index (χ4v) is 4.89. The molecule has 1 heterocycles. The number of hydrogen-bond acceptors (Lipinski definition) is 4. The number of benzene rings is 3. The molecule has 0 aliphatic carbocycles. The lowest BCUT2D eigenvalue weighted by molar-refractivity contribution is 0.0951. The number of hydrogen-bond donors (Lipinski definition) is 1. The molecule has 3 aromatic carbocycles. The summed E-state index contributed by atoms with van der Waals surface area (Å²) >= 11 is 0. The van der Waals surface area contributed by atoms with E-state index in [-0.39, 0.29) is 17.5 Å². The van der Waals surface area contributed by atoms with Crippen LogP contribution < -0.4 is 14.4 Å². The zero-order valence-electron chi connectivity index (χ0n) is 16.6. The van der Waals surface area contributed by atoms with Crippen molar-refractivity contribution in [2.75, 3.05) is 16.6 Å². The number of ether oxygens (including phenoxy) is 1. The van der Waals surface area contributed by atoms with Crippen LogP contribution >= 0.6 is 0 Å². The van der Waals surface area contributed by atoms with Gasteiger partial charge in [0.05, 0.1) is 11.4 Å². The van der Waals surface area contributed by atoms with Crippen molar-refractivity contribution in [2.24, 2.45) is 0 Å². The smallest absolute Gasteiger partial charge is 0.251 e. The van der Waals surface area contributed by atoms with Crippen LogP contribution in [0.4, 0.5) is 10.1 Å². The number of nitrogens with zero attached hydrogens (tertiary/aromatic N) is 1. The topological polar surface area (TPSA) is 75.7 Å². The Kier molecular flexibility index (Phi) is 5.90. The van der Waals surface area contributed by atoms with E-state index in [2.05, 4.69) is 5.32 Å². The Bertz CT molecular complexity index is 1180. The second-order valence-corrected chi connectivity index (χ2v) is 9.19. The van der Waals surface area contributed by atoms with Crippen LogP contribution in [0.2, 0.25) is 0 Å². The molecule has 1 fully saturated rings. The Morgan fingerprint density at radius 3 is 2.32 bits per heavy atom. The summed E-state index contributed by atoms with van der Waals surface area (Å²) in [6.07, 6.45) is 0.583. The SMILES string of the molecule is O=C(NCc1ccc(Oc2ccc(F)cc2)cc1)c1cccc(N2CCCS2(=O)=O)c1. The predicted octanol–water partition coefficient (Wildman–Crippen LogP) is 4.09. The van der Waals surface area contributed by atoms with Crippen molar-refractivity contribution in [3.63, 3.8) is 0 Å². The van der Waals surface area contributed by atoms with Crippen molar-refractivity contribution in [1.82, 2.24) is 5.32 Å². The van der Waals surface area contributed by atoms with Gasteiger partial charge in [0.1, 0.15) is 17.3 Å². The van der Waals surface area contributed by atoms with Gasteiger partial charge < -0.3 is 10.1 Å². The maximum absolute atomic E-state index is 13.0. The number of anilines is 1. The van der Waals surface area contributed by atoms with E-state index in [1.165, 1.54) is 16.4 Å². The molecule has 1 amide bonds. The average Bonchev–Trinajstić information content (AvgIpc) is 3.13. The minimum absolute atomic E-state index is 0.129. The number of carbonyl (C=O) groups excluding carboxylic acids is 1. The van der Waals surface area contributed by atoms with Crippen LogP contribution in [0.15, 0.2) is 72.8 Å². The fourth-order valence-electron chi connectivity index (χ4n) is 3.33. The first kappa shape index (κ1) is 20.9. The molecule has 0 saturated carbocycles. The van der Waals surface area contributed by atoms with E-state index in [0.29, 0.717) is 42.3 Å². The molecule has 6 nitrogen and oxygen atoms in total. The average molecular weight is 440 g/mol. The highest BCUT2D eigenvalue weighted by atomic mass is 32.2. The first-order valence-corrected chi connectivity index (χ1v) is 11.4. The monoisotopic (exact) mass is 440 g/mol. The molecule has 1 N–H and O–H groups in total. The first-order valence-electron chi connectivity index (χ1n) is 9.82. The van der Waals surface area contributed by atoms with Gasteiger partial charge in [0.25, 0.3) is 5.91 Å². The van der Waals surface area contributed by atoms with Gasteiger partial charge in [-0.3, -0.25) is 9.10 Å². The third-order valence-electron chi connectivity index (χ3n) is 4.92. The molecular formula is C23H21FN2O4S. The Hall–Kier alpha value is -3.39. The van der Waals surface area contributed by atoms with E-state index in [1.54, 1.807) is 48.5 Å². The molecular weight excluding hydrogens is 419 g/mol. The van der Waals surface area contributed by atoms with E-state index in [0.717, 1.165) is 5.56 Å². The second-order valence-electron chi connectivity index (χ2n) is 7.17. The van der Waals surface area contributed by atoms with E-state index in [9.17, 15) is 17.6 Å². The largest absolute Gasteiger partial charge is 0.457 e. The third kappa shape index (κ3) is 5.03. The number of amides is 1. The molecule has 1 aliphatic rings. The van der Waals surface area contributed by atoms with Crippen molar-refractivity contribution in [3.8, 4) is 11.5 Å². The predicted molar refractivity (Wildman–Crippen MR) is 116 cm³/mol. The van der Waals surface area contributed by atoms with E-state index >= 15 is 0 Å². The van der Waals surface area contributed by atoms with Crippen molar-refractivity contribution in [2.45, 2.75) is 13.0 Å². The number of carbonyl (C=O) groups is 1. The number of nitrogens with one attached hydrogen (secondary N) is 1. The van der Waals surface area contributed by atoms with Crippen LogP contribution in [-0.4, -0.2) is 26.6 Å². The van der Waals surface area contributed by atoms with Gasteiger partial charge in [-0.05, 0) is 66.6 Å². The van der Waals surface area contributed by atoms with Crippen LogP contribution in [0, 0.1) is 5.82 Å². The summed E-state index contributed by atoms with van der Waals surface area (Å²) in [7, 11) is -3.30. The Labute approximate surface area is 180 Å². The lowest BCUT2D eigenvalue weighted by Gasteiger charge is -2.17. The maximum atomic E-state index is 13.0. The van der Waals surface area contributed by atoms with Gasteiger partial charge in [-0.2, -0.15) is 0 Å². The van der Waals surface area contributed by atoms with Crippen LogP contribution in [0.25, 0.3) is 0 Å². The summed E-state index contributed by atoms with van der Waals surface area (Å²) in [6.45, 7) is 0.738. The van der Waals surface area contributed by atoms with Crippen molar-refractivity contribution < 1.29 is 22.3 Å². The fraction of sp³-hybridized carbons (Fsp3) is 0.174. The summed E-state index contributed by atoms with van der Waals surface area (Å²) in [5.41, 5.74) is 1.78. The molecule has 160 valence electrons. The number of rotatable bonds is 6. The van der Waals surface area contributed by atoms with Gasteiger partial charge in [-0.25, -0.2) is 12.8 Å². The van der Waals surface area contributed by atoms with Gasteiger partial charge in [0.15, 0.2) is 0 Å². The molecule has 1 aliphatic heterocycles.